The van der Waals surface area contributed by atoms with Crippen molar-refractivity contribution in [2.24, 2.45) is 0 Å². The van der Waals surface area contributed by atoms with Crippen molar-refractivity contribution >= 4 is 17.7 Å². The van der Waals surface area contributed by atoms with Crippen LogP contribution in [-0.4, -0.2) is 39.1 Å². The highest BCUT2D eigenvalue weighted by Gasteiger charge is 2.19. The molecule has 1 aromatic heterocycles. The molecule has 0 atom stereocenters. The maximum Gasteiger partial charge on any atom is 0.410 e. The van der Waals surface area contributed by atoms with Gasteiger partial charge in [0.2, 0.25) is 5.91 Å². The predicted octanol–water partition coefficient (Wildman–Crippen LogP) is 1.54. The lowest BCUT2D eigenvalue weighted by Gasteiger charge is -2.24. The van der Waals surface area contributed by atoms with Gasteiger partial charge in [-0.15, -0.1) is 0 Å². The first-order valence-corrected chi connectivity index (χ1v) is 8.66. The smallest absolute Gasteiger partial charge is 0.410 e. The monoisotopic (exact) mass is 388 g/mol. The van der Waals surface area contributed by atoms with Crippen LogP contribution in [0, 0.1) is 0 Å². The maximum atomic E-state index is 12.2. The molecule has 150 valence electrons. The number of hydrogen-bond donors (Lipinski definition) is 2. The third kappa shape index (κ3) is 6.42. The second-order valence-corrected chi connectivity index (χ2v) is 7.32. The molecule has 0 saturated carbocycles. The number of carbonyl (C=O) groups excluding carboxylic acids is 2. The Morgan fingerprint density at radius 1 is 1.21 bits per heavy atom. The lowest BCUT2D eigenvalue weighted by Crippen LogP contribution is -2.33. The first-order valence-electron chi connectivity index (χ1n) is 8.66. The molecule has 28 heavy (non-hydrogen) atoms. The molecule has 9 nitrogen and oxygen atoms in total. The van der Waals surface area contributed by atoms with Crippen molar-refractivity contribution in [1.29, 1.82) is 0 Å². The Hall–Kier alpha value is -3.36. The molecular weight excluding hydrogens is 364 g/mol. The lowest BCUT2D eigenvalue weighted by molar-refractivity contribution is -0.116. The molecule has 1 aromatic carbocycles. The fourth-order valence-corrected chi connectivity index (χ4v) is 2.35. The number of rotatable bonds is 5. The van der Waals surface area contributed by atoms with E-state index in [1.807, 2.05) is 6.07 Å². The average molecular weight is 388 g/mol. The molecule has 1 heterocycles. The standard InChI is InChI=1S/C19H24N4O5/c1-19(2,3)28-18(27)22(4)11-13-6-5-7-14(10-13)20-16(25)12-23-9-8-15(24)21-17(23)26/h5-10H,11-12H2,1-4H3,(H,20,25)(H,21,24,26). The largest absolute Gasteiger partial charge is 0.444 e. The average Bonchev–Trinajstić information content (AvgIpc) is 2.56. The summed E-state index contributed by atoms with van der Waals surface area (Å²) in [5.41, 5.74) is -0.440. The van der Waals surface area contributed by atoms with Crippen LogP contribution in [0.3, 0.4) is 0 Å². The number of nitrogens with one attached hydrogen (secondary N) is 2. The fourth-order valence-electron chi connectivity index (χ4n) is 2.35. The Kier molecular flexibility index (Phi) is 6.40. The Balaban J connectivity index is 2.00. The van der Waals surface area contributed by atoms with Crippen LogP contribution in [-0.2, 0) is 22.6 Å². The van der Waals surface area contributed by atoms with Crippen molar-refractivity contribution in [1.82, 2.24) is 14.5 Å². The van der Waals surface area contributed by atoms with Gasteiger partial charge in [0.15, 0.2) is 0 Å². The molecule has 2 amide bonds. The summed E-state index contributed by atoms with van der Waals surface area (Å²) in [6.07, 6.45) is 0.812. The number of benzene rings is 1. The van der Waals surface area contributed by atoms with Crippen LogP contribution in [0.15, 0.2) is 46.1 Å². The third-order valence-corrected chi connectivity index (χ3v) is 3.55. The molecule has 0 aliphatic rings. The molecular formula is C19H24N4O5. The van der Waals surface area contributed by atoms with Crippen molar-refractivity contribution in [2.75, 3.05) is 12.4 Å². The van der Waals surface area contributed by atoms with Gasteiger partial charge in [-0.1, -0.05) is 12.1 Å². The van der Waals surface area contributed by atoms with E-state index >= 15 is 0 Å². The van der Waals surface area contributed by atoms with Gasteiger partial charge in [-0.2, -0.15) is 0 Å². The Morgan fingerprint density at radius 2 is 1.93 bits per heavy atom. The lowest BCUT2D eigenvalue weighted by atomic mass is 10.2. The van der Waals surface area contributed by atoms with Crippen LogP contribution in [0.2, 0.25) is 0 Å². The van der Waals surface area contributed by atoms with Gasteiger partial charge in [0, 0.05) is 31.5 Å². The van der Waals surface area contributed by atoms with E-state index in [0.29, 0.717) is 12.2 Å². The van der Waals surface area contributed by atoms with Crippen LogP contribution in [0.25, 0.3) is 0 Å². The van der Waals surface area contributed by atoms with Crippen molar-refractivity contribution in [2.45, 2.75) is 39.5 Å². The zero-order valence-electron chi connectivity index (χ0n) is 16.3. The van der Waals surface area contributed by atoms with Gasteiger partial charge in [-0.25, -0.2) is 9.59 Å². The van der Waals surface area contributed by atoms with Gasteiger partial charge in [0.05, 0.1) is 0 Å². The number of amides is 2. The normalized spacial score (nSPS) is 11.0. The maximum absolute atomic E-state index is 12.2. The van der Waals surface area contributed by atoms with Crippen LogP contribution in [0.1, 0.15) is 26.3 Å². The first kappa shape index (κ1) is 20.9. The van der Waals surface area contributed by atoms with Gasteiger partial charge in [-0.3, -0.25) is 19.1 Å². The molecule has 0 aliphatic carbocycles. The van der Waals surface area contributed by atoms with E-state index in [-0.39, 0.29) is 6.54 Å². The highest BCUT2D eigenvalue weighted by Crippen LogP contribution is 2.14. The summed E-state index contributed by atoms with van der Waals surface area (Å²) in [6.45, 7) is 5.45. The summed E-state index contributed by atoms with van der Waals surface area (Å²) < 4.78 is 6.41. The van der Waals surface area contributed by atoms with E-state index in [2.05, 4.69) is 10.3 Å². The number of ether oxygens (including phenoxy) is 1. The van der Waals surface area contributed by atoms with Crippen molar-refractivity contribution in [3.63, 3.8) is 0 Å². The molecule has 2 aromatic rings. The van der Waals surface area contributed by atoms with Gasteiger partial charge in [0.1, 0.15) is 12.1 Å². The molecule has 0 radical (unpaired) electrons. The highest BCUT2D eigenvalue weighted by molar-refractivity contribution is 5.90. The van der Waals surface area contributed by atoms with E-state index in [1.165, 1.54) is 17.2 Å². The summed E-state index contributed by atoms with van der Waals surface area (Å²) in [4.78, 5) is 50.5. The fraction of sp³-hybridized carbons (Fsp3) is 0.368. The molecule has 0 aliphatic heterocycles. The Morgan fingerprint density at radius 3 is 2.57 bits per heavy atom. The van der Waals surface area contributed by atoms with Gasteiger partial charge >= 0.3 is 11.8 Å². The van der Waals surface area contributed by atoms with E-state index < -0.39 is 28.9 Å². The predicted molar refractivity (Wildman–Crippen MR) is 104 cm³/mol. The summed E-state index contributed by atoms with van der Waals surface area (Å²) >= 11 is 0. The van der Waals surface area contributed by atoms with E-state index in [0.717, 1.165) is 10.1 Å². The minimum atomic E-state index is -0.657. The number of nitrogens with zero attached hydrogens (tertiary/aromatic N) is 2. The number of aromatic amines is 1. The van der Waals surface area contributed by atoms with Crippen molar-refractivity contribution < 1.29 is 14.3 Å². The van der Waals surface area contributed by atoms with Crippen LogP contribution >= 0.6 is 0 Å². The Labute approximate surface area is 161 Å². The summed E-state index contributed by atoms with van der Waals surface area (Å²) in [7, 11) is 1.63. The highest BCUT2D eigenvalue weighted by atomic mass is 16.6. The van der Waals surface area contributed by atoms with Gasteiger partial charge in [-0.05, 0) is 38.5 Å². The molecule has 0 fully saturated rings. The van der Waals surface area contributed by atoms with Gasteiger partial charge < -0.3 is 15.0 Å². The number of carbonyl (C=O) groups is 2. The molecule has 0 bridgehead atoms. The third-order valence-electron chi connectivity index (χ3n) is 3.55. The van der Waals surface area contributed by atoms with E-state index in [4.69, 9.17) is 4.74 Å². The van der Waals surface area contributed by atoms with E-state index in [1.54, 1.807) is 46.0 Å². The topological polar surface area (TPSA) is 113 Å². The molecule has 2 rings (SSSR count). The second-order valence-electron chi connectivity index (χ2n) is 7.32. The second kappa shape index (κ2) is 8.55. The number of hydrogen-bond acceptors (Lipinski definition) is 5. The zero-order valence-corrected chi connectivity index (χ0v) is 16.3. The van der Waals surface area contributed by atoms with Crippen molar-refractivity contribution in [3.8, 4) is 0 Å². The minimum absolute atomic E-state index is 0.238. The van der Waals surface area contributed by atoms with Crippen LogP contribution < -0.4 is 16.6 Å². The molecule has 0 unspecified atom stereocenters. The van der Waals surface area contributed by atoms with E-state index in [9.17, 15) is 19.2 Å². The quantitative estimate of drug-likeness (QED) is 0.807. The molecule has 9 heteroatoms. The zero-order chi connectivity index (χ0) is 20.9. The van der Waals surface area contributed by atoms with Gasteiger partial charge in [0.25, 0.3) is 5.56 Å². The van der Waals surface area contributed by atoms with Crippen molar-refractivity contribution in [3.05, 3.63) is 62.9 Å². The SMILES string of the molecule is CN(Cc1cccc(NC(=O)Cn2ccc(=O)[nH]c2=O)c1)C(=O)OC(C)(C)C. The summed E-state index contributed by atoms with van der Waals surface area (Å²) in [5.74, 6) is -0.424. The first-order chi connectivity index (χ1) is 13.0. The molecule has 2 N–H and O–H groups in total. The summed E-state index contributed by atoms with van der Waals surface area (Å²) in [6, 6.07) is 8.17. The number of H-pyrrole nitrogens is 1. The molecule has 0 spiro atoms. The molecule has 0 saturated heterocycles. The number of anilines is 1. The van der Waals surface area contributed by atoms with Crippen LogP contribution in [0.5, 0.6) is 0 Å². The summed E-state index contributed by atoms with van der Waals surface area (Å²) in [5, 5.41) is 2.69. The Bertz CT molecular complexity index is 971. The number of aromatic nitrogens is 2. The minimum Gasteiger partial charge on any atom is -0.444 e. The van der Waals surface area contributed by atoms with Crippen LogP contribution in [0.4, 0.5) is 10.5 Å².